The maximum Gasteiger partial charge on any atom is 0.258 e. The van der Waals surface area contributed by atoms with Crippen molar-refractivity contribution in [1.82, 2.24) is 9.55 Å². The molecule has 1 aliphatic carbocycles. The lowest BCUT2D eigenvalue weighted by molar-refractivity contribution is 0.434. The molecule has 0 bridgehead atoms. The topological polar surface area (TPSA) is 37.8 Å². The number of nitrogens with one attached hydrogen (secondary N) is 1. The molecule has 0 aliphatic heterocycles. The summed E-state index contributed by atoms with van der Waals surface area (Å²) in [5.74, 6) is 0. The van der Waals surface area contributed by atoms with Crippen molar-refractivity contribution in [3.05, 3.63) is 86.4 Å². The summed E-state index contributed by atoms with van der Waals surface area (Å²) >= 11 is 5.57. The fraction of sp³-hybridized carbons (Fsp3) is 0.273. The molecule has 0 spiro atoms. The first-order chi connectivity index (χ1) is 12.5. The summed E-state index contributed by atoms with van der Waals surface area (Å²) in [5, 5.41) is 0. The third kappa shape index (κ3) is 2.65. The molecule has 132 valence electrons. The van der Waals surface area contributed by atoms with Gasteiger partial charge in [0.2, 0.25) is 0 Å². The molecule has 1 aromatic heterocycles. The molecular formula is C22H22N2OS. The molecule has 1 atom stereocenters. The molecule has 1 N–H and O–H groups in total. The Morgan fingerprint density at radius 3 is 2.54 bits per heavy atom. The molecule has 0 amide bonds. The van der Waals surface area contributed by atoms with Crippen LogP contribution in [0.2, 0.25) is 0 Å². The number of H-pyrrole nitrogens is 1. The Morgan fingerprint density at radius 2 is 1.81 bits per heavy atom. The molecule has 2 aromatic carbocycles. The summed E-state index contributed by atoms with van der Waals surface area (Å²) in [4.78, 5) is 16.9. The van der Waals surface area contributed by atoms with Crippen molar-refractivity contribution in [1.29, 1.82) is 0 Å². The van der Waals surface area contributed by atoms with Crippen molar-refractivity contribution >= 4 is 12.2 Å². The lowest BCUT2D eigenvalue weighted by Crippen LogP contribution is -2.39. The fourth-order valence-electron chi connectivity index (χ4n) is 3.97. The van der Waals surface area contributed by atoms with Crippen LogP contribution in [0.15, 0.2) is 59.4 Å². The molecule has 4 heteroatoms. The third-order valence-electron chi connectivity index (χ3n) is 5.62. The van der Waals surface area contributed by atoms with Crippen molar-refractivity contribution in [3.8, 4) is 11.3 Å². The number of aromatic amines is 1. The minimum Gasteiger partial charge on any atom is -0.331 e. The van der Waals surface area contributed by atoms with Gasteiger partial charge in [0.15, 0.2) is 4.77 Å². The van der Waals surface area contributed by atoms with Crippen LogP contribution in [0, 0.1) is 4.77 Å². The van der Waals surface area contributed by atoms with Crippen LogP contribution in [0.5, 0.6) is 0 Å². The molecule has 3 aromatic rings. The minimum atomic E-state index is -0.196. The Balaban J connectivity index is 1.97. The predicted octanol–water partition coefficient (Wildman–Crippen LogP) is 4.84. The van der Waals surface area contributed by atoms with E-state index < -0.39 is 0 Å². The fourth-order valence-corrected chi connectivity index (χ4v) is 4.22. The zero-order chi connectivity index (χ0) is 18.3. The van der Waals surface area contributed by atoms with Crippen molar-refractivity contribution in [2.75, 3.05) is 0 Å². The molecule has 4 rings (SSSR count). The summed E-state index contributed by atoms with van der Waals surface area (Å²) < 4.78 is 2.18. The lowest BCUT2D eigenvalue weighted by atomic mass is 9.69. The molecule has 3 nitrogen and oxygen atoms in total. The van der Waals surface area contributed by atoms with Gasteiger partial charge < -0.3 is 4.98 Å². The van der Waals surface area contributed by atoms with E-state index >= 15 is 0 Å². The Labute approximate surface area is 158 Å². The standard InChI is InChI=1S/C22H22N2OS/c1-3-22(2)13-16-11-7-8-12-17(16)19-18(22)20(25)24(21(26)23-19)14-15-9-5-4-6-10-15/h4-12H,3,13-14H2,1-2H3,(H,23,26). The highest BCUT2D eigenvalue weighted by Crippen LogP contribution is 2.42. The second-order valence-electron chi connectivity index (χ2n) is 7.31. The lowest BCUT2D eigenvalue weighted by Gasteiger charge is -2.35. The molecule has 0 saturated heterocycles. The number of rotatable bonds is 3. The van der Waals surface area contributed by atoms with Crippen LogP contribution in [0.4, 0.5) is 0 Å². The Morgan fingerprint density at radius 1 is 1.12 bits per heavy atom. The summed E-state index contributed by atoms with van der Waals surface area (Å²) in [7, 11) is 0. The van der Waals surface area contributed by atoms with E-state index in [2.05, 4.69) is 37.0 Å². The minimum absolute atomic E-state index is 0.0338. The maximum atomic E-state index is 13.5. The summed E-state index contributed by atoms with van der Waals surface area (Å²) in [6.07, 6.45) is 1.78. The normalized spacial score (nSPS) is 18.2. The summed E-state index contributed by atoms with van der Waals surface area (Å²) in [6, 6.07) is 18.3. The predicted molar refractivity (Wildman–Crippen MR) is 108 cm³/mol. The number of hydrogen-bond donors (Lipinski definition) is 1. The Bertz CT molecular complexity index is 1080. The van der Waals surface area contributed by atoms with Crippen LogP contribution < -0.4 is 5.56 Å². The number of hydrogen-bond acceptors (Lipinski definition) is 2. The van der Waals surface area contributed by atoms with E-state index in [1.165, 1.54) is 5.56 Å². The molecule has 0 fully saturated rings. The molecule has 26 heavy (non-hydrogen) atoms. The van der Waals surface area contributed by atoms with Crippen LogP contribution in [-0.2, 0) is 18.4 Å². The molecule has 1 heterocycles. The smallest absolute Gasteiger partial charge is 0.258 e. The zero-order valence-electron chi connectivity index (χ0n) is 15.1. The van der Waals surface area contributed by atoms with Crippen molar-refractivity contribution in [3.63, 3.8) is 0 Å². The second kappa shape index (κ2) is 6.36. The molecule has 1 unspecified atom stereocenters. The van der Waals surface area contributed by atoms with Gasteiger partial charge in [-0.05, 0) is 36.2 Å². The van der Waals surface area contributed by atoms with E-state index in [0.717, 1.165) is 35.2 Å². The van der Waals surface area contributed by atoms with Gasteiger partial charge in [-0.2, -0.15) is 0 Å². The average Bonchev–Trinajstić information content (AvgIpc) is 2.65. The first-order valence-electron chi connectivity index (χ1n) is 9.03. The van der Waals surface area contributed by atoms with Crippen LogP contribution in [-0.4, -0.2) is 9.55 Å². The highest BCUT2D eigenvalue weighted by atomic mass is 32.1. The molecule has 1 aliphatic rings. The second-order valence-corrected chi connectivity index (χ2v) is 7.69. The van der Waals surface area contributed by atoms with Gasteiger partial charge in [-0.15, -0.1) is 0 Å². The van der Waals surface area contributed by atoms with Crippen LogP contribution >= 0.6 is 12.2 Å². The van der Waals surface area contributed by atoms with Crippen LogP contribution in [0.3, 0.4) is 0 Å². The van der Waals surface area contributed by atoms with E-state index in [9.17, 15) is 4.79 Å². The van der Waals surface area contributed by atoms with Gasteiger partial charge in [-0.25, -0.2) is 0 Å². The molecule has 0 saturated carbocycles. The van der Waals surface area contributed by atoms with E-state index in [-0.39, 0.29) is 11.0 Å². The van der Waals surface area contributed by atoms with Gasteiger partial charge in [0.1, 0.15) is 0 Å². The van der Waals surface area contributed by atoms with E-state index in [4.69, 9.17) is 12.2 Å². The van der Waals surface area contributed by atoms with Crippen LogP contribution in [0.25, 0.3) is 11.3 Å². The van der Waals surface area contributed by atoms with E-state index in [0.29, 0.717) is 11.3 Å². The number of benzene rings is 2. The summed E-state index contributed by atoms with van der Waals surface area (Å²) in [6.45, 7) is 4.83. The van der Waals surface area contributed by atoms with E-state index in [1.807, 2.05) is 36.4 Å². The first-order valence-corrected chi connectivity index (χ1v) is 9.44. The van der Waals surface area contributed by atoms with Crippen molar-refractivity contribution in [2.45, 2.75) is 38.6 Å². The molecule has 0 radical (unpaired) electrons. The van der Waals surface area contributed by atoms with Crippen molar-refractivity contribution < 1.29 is 0 Å². The number of fused-ring (bicyclic) bond motifs is 3. The van der Waals surface area contributed by atoms with Crippen LogP contribution in [0.1, 0.15) is 37.0 Å². The largest absolute Gasteiger partial charge is 0.331 e. The molecular weight excluding hydrogens is 340 g/mol. The quantitative estimate of drug-likeness (QED) is 0.677. The van der Waals surface area contributed by atoms with Gasteiger partial charge in [-0.3, -0.25) is 9.36 Å². The summed E-state index contributed by atoms with van der Waals surface area (Å²) in [5.41, 5.74) is 5.05. The maximum absolute atomic E-state index is 13.5. The Hall–Kier alpha value is -2.46. The monoisotopic (exact) mass is 362 g/mol. The number of nitrogens with zero attached hydrogens (tertiary/aromatic N) is 1. The highest BCUT2D eigenvalue weighted by molar-refractivity contribution is 7.71. The van der Waals surface area contributed by atoms with Crippen molar-refractivity contribution in [2.24, 2.45) is 0 Å². The van der Waals surface area contributed by atoms with Gasteiger partial charge in [0.25, 0.3) is 5.56 Å². The first kappa shape index (κ1) is 17.0. The average molecular weight is 362 g/mol. The van der Waals surface area contributed by atoms with E-state index in [1.54, 1.807) is 4.57 Å². The highest BCUT2D eigenvalue weighted by Gasteiger charge is 2.37. The zero-order valence-corrected chi connectivity index (χ0v) is 15.9. The van der Waals surface area contributed by atoms with Gasteiger partial charge in [0.05, 0.1) is 12.2 Å². The third-order valence-corrected chi connectivity index (χ3v) is 5.94. The van der Waals surface area contributed by atoms with Gasteiger partial charge in [0, 0.05) is 16.5 Å². The number of aromatic nitrogens is 2. The van der Waals surface area contributed by atoms with Gasteiger partial charge in [-0.1, -0.05) is 68.4 Å². The SMILES string of the molecule is CCC1(C)Cc2ccccc2-c2[nH]c(=S)n(Cc3ccccc3)c(=O)c21. The Kier molecular flexibility index (Phi) is 4.16. The van der Waals surface area contributed by atoms with Gasteiger partial charge >= 0.3 is 0 Å².